The second kappa shape index (κ2) is 3.77. The Labute approximate surface area is 73.1 Å². The lowest BCUT2D eigenvalue weighted by Crippen LogP contribution is -2.31. The highest BCUT2D eigenvalue weighted by molar-refractivity contribution is 7.87. The molecule has 0 saturated carbocycles. The molecular weight excluding hydrogens is 239 g/mol. The van der Waals surface area contributed by atoms with Crippen LogP contribution >= 0.6 is 0 Å². The second-order valence-electron chi connectivity index (χ2n) is 1.68. The number of hydrogen-bond acceptors (Lipinski definition) is 5. The summed E-state index contributed by atoms with van der Waals surface area (Å²) in [5.74, 6) is 0. The highest BCUT2D eigenvalue weighted by atomic mass is 32.2. The number of rotatable bonds is 3. The van der Waals surface area contributed by atoms with E-state index >= 15 is 0 Å². The van der Waals surface area contributed by atoms with E-state index in [4.69, 9.17) is 0 Å². The summed E-state index contributed by atoms with van der Waals surface area (Å²) in [4.78, 5) is 0. The molecule has 11 heteroatoms. The highest BCUT2D eigenvalue weighted by Crippen LogP contribution is 2.24. The minimum absolute atomic E-state index is 0.432. The maximum absolute atomic E-state index is 11.5. The molecule has 0 heterocycles. The standard InChI is InChI=1S/C2H4F3NO5S2/c1-6(12(7)8)11-13(9,10)2(3,4)5/h12H,1H3. The average molecular weight is 243 g/mol. The molecule has 0 saturated heterocycles. The van der Waals surface area contributed by atoms with Crippen molar-refractivity contribution in [3.8, 4) is 0 Å². The van der Waals surface area contributed by atoms with Crippen LogP contribution in [0.25, 0.3) is 0 Å². The van der Waals surface area contributed by atoms with Crippen molar-refractivity contribution in [2.24, 2.45) is 0 Å². The van der Waals surface area contributed by atoms with Gasteiger partial charge in [0.25, 0.3) is 0 Å². The molecule has 0 amide bonds. The molecule has 0 unspecified atom stereocenters. The van der Waals surface area contributed by atoms with Crippen LogP contribution < -0.4 is 0 Å². The second-order valence-corrected chi connectivity index (χ2v) is 4.24. The van der Waals surface area contributed by atoms with Crippen LogP contribution in [0.2, 0.25) is 0 Å². The minimum Gasteiger partial charge on any atom is -0.213 e. The summed E-state index contributed by atoms with van der Waals surface area (Å²) in [5, 5.41) is 0. The van der Waals surface area contributed by atoms with E-state index in [0.29, 0.717) is 7.05 Å². The molecule has 0 aliphatic carbocycles. The molecular formula is C2H4F3NO5S2. The highest BCUT2D eigenvalue weighted by Gasteiger charge is 2.48. The van der Waals surface area contributed by atoms with Crippen molar-refractivity contribution in [2.75, 3.05) is 7.05 Å². The van der Waals surface area contributed by atoms with E-state index in [1.807, 2.05) is 0 Å². The molecule has 0 rings (SSSR count). The molecule has 0 spiro atoms. The first-order valence-corrected chi connectivity index (χ1v) is 5.00. The lowest BCUT2D eigenvalue weighted by atomic mass is 11.5. The van der Waals surface area contributed by atoms with Crippen LogP contribution in [0.4, 0.5) is 13.2 Å². The van der Waals surface area contributed by atoms with Gasteiger partial charge in [0, 0.05) is 7.05 Å². The summed E-state index contributed by atoms with van der Waals surface area (Å²) < 4.78 is 77.3. The first-order chi connectivity index (χ1) is 5.58. The number of hydroxylamine groups is 1. The fraction of sp³-hybridized carbons (Fsp3) is 1.00. The molecule has 0 aliphatic heterocycles. The van der Waals surface area contributed by atoms with Crippen molar-refractivity contribution in [1.82, 2.24) is 4.47 Å². The van der Waals surface area contributed by atoms with Crippen LogP contribution in [0.3, 0.4) is 0 Å². The molecule has 0 aromatic rings. The van der Waals surface area contributed by atoms with E-state index in [1.54, 1.807) is 0 Å². The Bertz CT molecular complexity index is 333. The quantitative estimate of drug-likeness (QED) is 0.400. The van der Waals surface area contributed by atoms with E-state index in [2.05, 4.69) is 4.28 Å². The summed E-state index contributed by atoms with van der Waals surface area (Å²) in [5.41, 5.74) is -5.65. The first-order valence-electron chi connectivity index (χ1n) is 2.47. The topological polar surface area (TPSA) is 80.8 Å². The minimum atomic E-state index is -5.90. The van der Waals surface area contributed by atoms with Crippen molar-refractivity contribution in [2.45, 2.75) is 5.51 Å². The smallest absolute Gasteiger partial charge is 0.213 e. The predicted octanol–water partition coefficient (Wildman–Crippen LogP) is -0.774. The molecule has 0 N–H and O–H groups in total. The Balaban J connectivity index is 4.74. The van der Waals surface area contributed by atoms with Crippen molar-refractivity contribution >= 4 is 21.0 Å². The predicted molar refractivity (Wildman–Crippen MR) is 34.1 cm³/mol. The number of alkyl halides is 3. The summed E-state index contributed by atoms with van der Waals surface area (Å²) in [6, 6.07) is 0. The molecule has 0 aromatic carbocycles. The van der Waals surface area contributed by atoms with Gasteiger partial charge in [0.2, 0.25) is 10.9 Å². The van der Waals surface area contributed by atoms with Gasteiger partial charge in [-0.3, -0.25) is 0 Å². The van der Waals surface area contributed by atoms with E-state index in [0.717, 1.165) is 0 Å². The third-order valence-corrected chi connectivity index (χ3v) is 2.36. The van der Waals surface area contributed by atoms with Crippen LogP contribution in [0.5, 0.6) is 0 Å². The zero-order valence-corrected chi connectivity index (χ0v) is 7.69. The SMILES string of the molecule is CN(OS(=O)(=O)C(F)(F)F)[SH](=O)=O. The maximum Gasteiger partial charge on any atom is 0.524 e. The first kappa shape index (κ1) is 12.6. The molecule has 0 radical (unpaired) electrons. The van der Waals surface area contributed by atoms with Gasteiger partial charge in [-0.2, -0.15) is 25.9 Å². The third-order valence-electron chi connectivity index (χ3n) is 0.719. The van der Waals surface area contributed by atoms with Crippen LogP contribution in [-0.4, -0.2) is 33.9 Å². The molecule has 0 atom stereocenters. The molecule has 0 bridgehead atoms. The molecule has 80 valence electrons. The lowest BCUT2D eigenvalue weighted by Gasteiger charge is -2.10. The molecule has 13 heavy (non-hydrogen) atoms. The number of halogens is 3. The van der Waals surface area contributed by atoms with Gasteiger partial charge in [0.05, 0.1) is 0 Å². The molecule has 6 nitrogen and oxygen atoms in total. The molecule has 0 aliphatic rings. The van der Waals surface area contributed by atoms with Gasteiger partial charge in [-0.1, -0.05) is 4.47 Å². The summed E-state index contributed by atoms with van der Waals surface area (Å²) in [6.07, 6.45) is 0. The van der Waals surface area contributed by atoms with Gasteiger partial charge in [0.15, 0.2) is 0 Å². The fourth-order valence-corrected chi connectivity index (χ4v) is 1.06. The van der Waals surface area contributed by atoms with Crippen molar-refractivity contribution in [1.29, 1.82) is 0 Å². The van der Waals surface area contributed by atoms with Gasteiger partial charge >= 0.3 is 15.6 Å². The van der Waals surface area contributed by atoms with Gasteiger partial charge in [-0.05, 0) is 0 Å². The van der Waals surface area contributed by atoms with Crippen LogP contribution in [-0.2, 0) is 25.3 Å². The van der Waals surface area contributed by atoms with E-state index in [-0.39, 0.29) is 0 Å². The Morgan fingerprint density at radius 3 is 1.92 bits per heavy atom. The Kier molecular flexibility index (Phi) is 3.66. The van der Waals surface area contributed by atoms with Gasteiger partial charge in [-0.15, -0.1) is 0 Å². The Morgan fingerprint density at radius 2 is 1.69 bits per heavy atom. The van der Waals surface area contributed by atoms with Crippen molar-refractivity contribution in [3.63, 3.8) is 0 Å². The number of hydrogen-bond donors (Lipinski definition) is 1. The third kappa shape index (κ3) is 3.46. The summed E-state index contributed by atoms with van der Waals surface area (Å²) in [6.45, 7) is 0. The number of nitrogens with zero attached hydrogens (tertiary/aromatic N) is 1. The van der Waals surface area contributed by atoms with Gasteiger partial charge in [0.1, 0.15) is 0 Å². The lowest BCUT2D eigenvalue weighted by molar-refractivity contribution is -0.0683. The van der Waals surface area contributed by atoms with Crippen molar-refractivity contribution in [3.05, 3.63) is 0 Å². The van der Waals surface area contributed by atoms with E-state index in [1.165, 1.54) is 0 Å². The summed E-state index contributed by atoms with van der Waals surface area (Å²) >= 11 is 0. The van der Waals surface area contributed by atoms with Crippen LogP contribution in [0.15, 0.2) is 0 Å². The zero-order chi connectivity index (χ0) is 10.9. The van der Waals surface area contributed by atoms with Crippen LogP contribution in [0.1, 0.15) is 0 Å². The number of thiol groups is 1. The average Bonchev–Trinajstić information content (AvgIpc) is 1.83. The zero-order valence-electron chi connectivity index (χ0n) is 5.98. The van der Waals surface area contributed by atoms with E-state index < -0.39 is 31.0 Å². The normalized spacial score (nSPS) is 14.0. The molecule has 0 fully saturated rings. The summed E-state index contributed by atoms with van der Waals surface area (Å²) in [7, 11) is -8.93. The Morgan fingerprint density at radius 1 is 1.31 bits per heavy atom. The van der Waals surface area contributed by atoms with Gasteiger partial charge in [-0.25, -0.2) is 8.42 Å². The fourth-order valence-electron chi connectivity index (χ4n) is 0.211. The van der Waals surface area contributed by atoms with E-state index in [9.17, 15) is 30.0 Å². The van der Waals surface area contributed by atoms with Crippen molar-refractivity contribution < 1.29 is 34.3 Å². The Hall–Kier alpha value is -0.390. The monoisotopic (exact) mass is 243 g/mol. The maximum atomic E-state index is 11.5. The van der Waals surface area contributed by atoms with Gasteiger partial charge < -0.3 is 0 Å². The largest absolute Gasteiger partial charge is 0.524 e. The molecule has 0 aromatic heterocycles. The van der Waals surface area contributed by atoms with Crippen LogP contribution in [0, 0.1) is 0 Å².